The van der Waals surface area contributed by atoms with E-state index in [9.17, 15) is 0 Å². The maximum atomic E-state index is 15.0. The fraction of sp³-hybridized carbons (Fsp3) is 0.462. The predicted molar refractivity (Wildman–Crippen MR) is 131 cm³/mol. The standard InChI is InChI=1S/C26H27ClFN3O5/c1-13-10-34-24-21(12-35-23(13)24)36-26-30-19-9-16(27)18(29-25(19)31-26)8-15-11-33-20-7-14(4-3-5-32-2)6-17(28)22(15)20/h3-4,6-7,9,13,15,21,23-24H,5,8,10-12H2,1-2H3,(H,29,30,31)/b4-3+/t13-,15+,21-,23-,24-/m1/s1. The number of methoxy groups -OCH3 is 1. The van der Waals surface area contributed by atoms with Crippen molar-refractivity contribution < 1.29 is 28.1 Å². The second-order valence-electron chi connectivity index (χ2n) is 9.54. The molecule has 190 valence electrons. The van der Waals surface area contributed by atoms with Crippen molar-refractivity contribution in [2.75, 3.05) is 33.5 Å². The van der Waals surface area contributed by atoms with Crippen LogP contribution in [0.2, 0.25) is 5.02 Å². The summed E-state index contributed by atoms with van der Waals surface area (Å²) in [5, 5.41) is 0.475. The van der Waals surface area contributed by atoms with E-state index in [0.717, 1.165) is 5.56 Å². The van der Waals surface area contributed by atoms with Crippen molar-refractivity contribution in [1.29, 1.82) is 0 Å². The van der Waals surface area contributed by atoms with E-state index in [1.807, 2.05) is 18.2 Å². The number of fused-ring (bicyclic) bond motifs is 3. The van der Waals surface area contributed by atoms with E-state index >= 15 is 4.39 Å². The molecule has 3 aliphatic heterocycles. The van der Waals surface area contributed by atoms with Gasteiger partial charge in [0.25, 0.3) is 6.01 Å². The molecule has 5 atom stereocenters. The number of halogens is 2. The van der Waals surface area contributed by atoms with Crippen LogP contribution >= 0.6 is 11.6 Å². The van der Waals surface area contributed by atoms with E-state index in [4.69, 9.17) is 35.3 Å². The van der Waals surface area contributed by atoms with Gasteiger partial charge in [0.05, 0.1) is 48.8 Å². The van der Waals surface area contributed by atoms with Crippen LogP contribution in [0.1, 0.15) is 29.7 Å². The second-order valence-corrected chi connectivity index (χ2v) is 9.95. The predicted octanol–water partition coefficient (Wildman–Crippen LogP) is 4.31. The van der Waals surface area contributed by atoms with Gasteiger partial charge < -0.3 is 28.7 Å². The molecular formula is C26H27ClFN3O5. The number of hydrogen-bond acceptors (Lipinski definition) is 7. The fourth-order valence-electron chi connectivity index (χ4n) is 5.20. The van der Waals surface area contributed by atoms with Gasteiger partial charge in [-0.3, -0.25) is 0 Å². The number of hydrogen-bond donors (Lipinski definition) is 1. The van der Waals surface area contributed by atoms with Crippen LogP contribution in [0.4, 0.5) is 4.39 Å². The number of imidazole rings is 1. The molecule has 5 heterocycles. The summed E-state index contributed by atoms with van der Waals surface area (Å²) in [6.45, 7) is 4.03. The molecule has 1 N–H and O–H groups in total. The van der Waals surface area contributed by atoms with Crippen molar-refractivity contribution >= 4 is 28.8 Å². The first kappa shape index (κ1) is 23.7. The van der Waals surface area contributed by atoms with Crippen molar-refractivity contribution in [3.8, 4) is 11.8 Å². The summed E-state index contributed by atoms with van der Waals surface area (Å²) < 4.78 is 43.6. The van der Waals surface area contributed by atoms with Crippen molar-refractivity contribution in [1.82, 2.24) is 15.0 Å². The molecule has 3 aromatic rings. The number of pyridine rings is 1. The third kappa shape index (κ3) is 4.34. The molecule has 0 amide bonds. The molecule has 1 aromatic carbocycles. The molecule has 0 saturated carbocycles. The molecule has 0 radical (unpaired) electrons. The number of aromatic amines is 1. The Morgan fingerprint density at radius 1 is 1.17 bits per heavy atom. The SMILES string of the molecule is COC/C=C/c1cc(F)c2c(c1)OC[C@@H]2Cc1nc2nc(O[C@@H]3CO[C@H]4[C@@H]3OC[C@H]4C)[nH]c2cc1Cl. The summed E-state index contributed by atoms with van der Waals surface area (Å²) >= 11 is 6.57. The lowest BCUT2D eigenvalue weighted by atomic mass is 9.94. The third-order valence-electron chi connectivity index (χ3n) is 6.97. The van der Waals surface area contributed by atoms with Crippen molar-refractivity contribution in [2.24, 2.45) is 5.92 Å². The Bertz CT molecular complexity index is 1310. The Balaban J connectivity index is 1.20. The minimum Gasteiger partial charge on any atom is -0.493 e. The topological polar surface area (TPSA) is 87.7 Å². The van der Waals surface area contributed by atoms with Gasteiger partial charge in [0.1, 0.15) is 17.7 Å². The molecule has 2 saturated heterocycles. The van der Waals surface area contributed by atoms with Crippen molar-refractivity contribution in [3.05, 3.63) is 51.9 Å². The zero-order valence-corrected chi connectivity index (χ0v) is 20.8. The average Bonchev–Trinajstić information content (AvgIpc) is 3.61. The normalized spacial score (nSPS) is 27.1. The molecule has 0 spiro atoms. The zero-order chi connectivity index (χ0) is 24.8. The number of rotatable bonds is 7. The lowest BCUT2D eigenvalue weighted by molar-refractivity contribution is 0.0262. The van der Waals surface area contributed by atoms with Crippen molar-refractivity contribution in [2.45, 2.75) is 37.6 Å². The van der Waals surface area contributed by atoms with Gasteiger partial charge in [-0.2, -0.15) is 4.98 Å². The highest BCUT2D eigenvalue weighted by Gasteiger charge is 2.47. The first-order valence-electron chi connectivity index (χ1n) is 12.1. The van der Waals surface area contributed by atoms with Crippen LogP contribution in [0.5, 0.6) is 11.8 Å². The Morgan fingerprint density at radius 3 is 2.89 bits per heavy atom. The molecule has 36 heavy (non-hydrogen) atoms. The highest BCUT2D eigenvalue weighted by atomic mass is 35.5. The number of H-pyrrole nitrogens is 1. The molecule has 0 aliphatic carbocycles. The van der Waals surface area contributed by atoms with E-state index in [1.54, 1.807) is 13.2 Å². The Hall–Kier alpha value is -2.72. The van der Waals surface area contributed by atoms with Gasteiger partial charge in [0, 0.05) is 30.9 Å². The molecule has 2 fully saturated rings. The van der Waals surface area contributed by atoms with Crippen LogP contribution in [0.3, 0.4) is 0 Å². The second kappa shape index (κ2) is 9.63. The molecule has 8 nitrogen and oxygen atoms in total. The van der Waals surface area contributed by atoms with Gasteiger partial charge in [-0.15, -0.1) is 0 Å². The summed E-state index contributed by atoms with van der Waals surface area (Å²) in [4.78, 5) is 12.3. The van der Waals surface area contributed by atoms with Gasteiger partial charge in [0.2, 0.25) is 0 Å². The van der Waals surface area contributed by atoms with Gasteiger partial charge in [0.15, 0.2) is 11.8 Å². The van der Waals surface area contributed by atoms with E-state index in [0.29, 0.717) is 78.0 Å². The molecule has 10 heteroatoms. The Morgan fingerprint density at radius 2 is 2.03 bits per heavy atom. The third-order valence-corrected chi connectivity index (χ3v) is 7.30. The molecule has 0 bridgehead atoms. The molecular weight excluding hydrogens is 489 g/mol. The lowest BCUT2D eigenvalue weighted by Gasteiger charge is -2.15. The lowest BCUT2D eigenvalue weighted by Crippen LogP contribution is -2.33. The molecule has 6 rings (SSSR count). The Kier molecular flexibility index (Phi) is 6.33. The van der Waals surface area contributed by atoms with E-state index < -0.39 is 0 Å². The monoisotopic (exact) mass is 515 g/mol. The highest BCUT2D eigenvalue weighted by molar-refractivity contribution is 6.31. The number of nitrogens with one attached hydrogen (secondary N) is 1. The van der Waals surface area contributed by atoms with Crippen LogP contribution in [-0.2, 0) is 20.6 Å². The highest BCUT2D eigenvalue weighted by Crippen LogP contribution is 2.40. The van der Waals surface area contributed by atoms with Crippen LogP contribution in [-0.4, -0.2) is 66.8 Å². The first-order chi connectivity index (χ1) is 17.5. The summed E-state index contributed by atoms with van der Waals surface area (Å²) in [5.74, 6) is 0.379. The first-order valence-corrected chi connectivity index (χ1v) is 12.4. The Labute approximate surface area is 212 Å². The smallest absolute Gasteiger partial charge is 0.296 e. The summed E-state index contributed by atoms with van der Waals surface area (Å²) in [6.07, 6.45) is 3.77. The van der Waals surface area contributed by atoms with Gasteiger partial charge >= 0.3 is 0 Å². The minimum absolute atomic E-state index is 0.0490. The van der Waals surface area contributed by atoms with Crippen LogP contribution < -0.4 is 9.47 Å². The van der Waals surface area contributed by atoms with Gasteiger partial charge in [-0.05, 0) is 23.8 Å². The summed E-state index contributed by atoms with van der Waals surface area (Å²) in [7, 11) is 1.61. The summed E-state index contributed by atoms with van der Waals surface area (Å²) in [6, 6.07) is 5.47. The molecule has 0 unspecified atom stereocenters. The van der Waals surface area contributed by atoms with Crippen LogP contribution in [0.25, 0.3) is 17.2 Å². The number of aromatic nitrogens is 3. The molecule has 2 aromatic heterocycles. The molecule has 3 aliphatic rings. The maximum Gasteiger partial charge on any atom is 0.296 e. The fourth-order valence-corrected chi connectivity index (χ4v) is 5.43. The van der Waals surface area contributed by atoms with Crippen molar-refractivity contribution in [3.63, 3.8) is 0 Å². The zero-order valence-electron chi connectivity index (χ0n) is 20.0. The van der Waals surface area contributed by atoms with E-state index in [2.05, 4.69) is 21.9 Å². The van der Waals surface area contributed by atoms with E-state index in [1.165, 1.54) is 6.07 Å². The van der Waals surface area contributed by atoms with E-state index in [-0.39, 0.29) is 30.0 Å². The number of ether oxygens (including phenoxy) is 5. The maximum absolute atomic E-state index is 15.0. The average molecular weight is 516 g/mol. The minimum atomic E-state index is -0.305. The van der Waals surface area contributed by atoms with Crippen LogP contribution in [0.15, 0.2) is 24.3 Å². The van der Waals surface area contributed by atoms with Crippen LogP contribution in [0, 0.1) is 11.7 Å². The summed E-state index contributed by atoms with van der Waals surface area (Å²) in [5.41, 5.74) is 3.05. The van der Waals surface area contributed by atoms with Gasteiger partial charge in [-0.25, -0.2) is 9.37 Å². The number of benzene rings is 1. The number of nitrogens with zero attached hydrogens (tertiary/aromatic N) is 2. The van der Waals surface area contributed by atoms with Gasteiger partial charge in [-0.1, -0.05) is 30.7 Å². The largest absolute Gasteiger partial charge is 0.493 e. The quantitative estimate of drug-likeness (QED) is 0.501.